The number of rotatable bonds is 6. The highest BCUT2D eigenvalue weighted by Gasteiger charge is 2.45. The van der Waals surface area contributed by atoms with Crippen molar-refractivity contribution in [2.75, 3.05) is 5.75 Å². The van der Waals surface area contributed by atoms with E-state index in [1.54, 1.807) is 6.07 Å². The zero-order valence-corrected chi connectivity index (χ0v) is 21.0. The average Bonchev–Trinajstić information content (AvgIpc) is 2.53. The quantitative estimate of drug-likeness (QED) is 0.150. The van der Waals surface area contributed by atoms with Gasteiger partial charge in [0.05, 0.1) is 5.56 Å². The lowest BCUT2D eigenvalue weighted by Crippen LogP contribution is -2.39. The van der Waals surface area contributed by atoms with Gasteiger partial charge in [-0.2, -0.15) is 21.6 Å². The molecule has 1 unspecified atom stereocenters. The molecule has 0 saturated carbocycles. The number of amides is 2. The van der Waals surface area contributed by atoms with Crippen molar-refractivity contribution in [1.82, 2.24) is 5.32 Å². The third-order valence-electron chi connectivity index (χ3n) is 2.83. The molecule has 2 amide bonds. The fourth-order valence-corrected chi connectivity index (χ4v) is 4.69. The monoisotopic (exact) mass is 773 g/mol. The number of nitrogens with one attached hydrogen (secondary N) is 1. The third kappa shape index (κ3) is 9.42. The first-order chi connectivity index (χ1) is 13.1. The van der Waals surface area contributed by atoms with Crippen LogP contribution in [0.2, 0.25) is 0 Å². The first kappa shape index (κ1) is 26.5. The van der Waals surface area contributed by atoms with Crippen molar-refractivity contribution < 1.29 is 45.3 Å². The molecular weight excluding hydrogens is 764 g/mol. The first-order valence-electron chi connectivity index (χ1n) is 7.00. The number of imide groups is 1. The van der Waals surface area contributed by atoms with Gasteiger partial charge < -0.3 is 4.74 Å². The highest BCUT2D eigenvalue weighted by Crippen LogP contribution is 2.24. The number of benzene rings is 1. The number of halogens is 6. The van der Waals surface area contributed by atoms with Gasteiger partial charge in [-0.05, 0) is 79.9 Å². The summed E-state index contributed by atoms with van der Waals surface area (Å²) in [4.78, 5) is 35.3. The standard InChI is InChI=1S/C14H9F3I3NO7S/c15-14(16,17)9(5-29(25,26)27)28-11(23)2-1-10(22)21-13(24)7-3-6(18)4-8(19)12(7)20/h1-4,9H,5H2,(H,21,22,24)(H,25,26,27)/b2-1-. The summed E-state index contributed by atoms with van der Waals surface area (Å²) in [6.07, 6.45) is -7.66. The van der Waals surface area contributed by atoms with E-state index in [9.17, 15) is 36.0 Å². The van der Waals surface area contributed by atoms with Crippen LogP contribution >= 0.6 is 67.8 Å². The molecule has 0 spiro atoms. The fourth-order valence-electron chi connectivity index (χ4n) is 1.65. The molecule has 0 aliphatic carbocycles. The van der Waals surface area contributed by atoms with Gasteiger partial charge in [-0.25, -0.2) is 4.79 Å². The largest absolute Gasteiger partial charge is 0.448 e. The molecule has 0 aliphatic heterocycles. The maximum atomic E-state index is 12.7. The minimum absolute atomic E-state index is 0.177. The Morgan fingerprint density at radius 1 is 1.17 bits per heavy atom. The van der Waals surface area contributed by atoms with Crippen molar-refractivity contribution in [2.24, 2.45) is 0 Å². The summed E-state index contributed by atoms with van der Waals surface area (Å²) < 4.78 is 73.7. The topological polar surface area (TPSA) is 127 Å². The summed E-state index contributed by atoms with van der Waals surface area (Å²) in [6, 6.07) is 3.30. The van der Waals surface area contributed by atoms with E-state index in [-0.39, 0.29) is 11.6 Å². The molecule has 0 radical (unpaired) electrons. The highest BCUT2D eigenvalue weighted by molar-refractivity contribution is 14.1. The maximum Gasteiger partial charge on any atom is 0.426 e. The summed E-state index contributed by atoms with van der Waals surface area (Å²) in [7, 11) is -5.09. The Morgan fingerprint density at radius 2 is 1.76 bits per heavy atom. The normalized spacial score (nSPS) is 13.2. The Hall–Kier alpha value is -0.540. The minimum Gasteiger partial charge on any atom is -0.448 e. The van der Waals surface area contributed by atoms with E-state index < -0.39 is 45.9 Å². The minimum atomic E-state index is -5.27. The van der Waals surface area contributed by atoms with E-state index in [0.717, 1.165) is 7.14 Å². The Bertz CT molecular complexity index is 964. The number of alkyl halides is 3. The van der Waals surface area contributed by atoms with Crippen LogP contribution < -0.4 is 5.32 Å². The van der Waals surface area contributed by atoms with Crippen LogP contribution in [-0.2, 0) is 24.4 Å². The van der Waals surface area contributed by atoms with Gasteiger partial charge in [-0.1, -0.05) is 0 Å². The van der Waals surface area contributed by atoms with Crippen molar-refractivity contribution in [3.63, 3.8) is 0 Å². The van der Waals surface area contributed by atoms with Crippen LogP contribution in [0.15, 0.2) is 24.3 Å². The lowest BCUT2D eigenvalue weighted by Gasteiger charge is -2.18. The van der Waals surface area contributed by atoms with Crippen LogP contribution in [0.5, 0.6) is 0 Å². The molecule has 8 nitrogen and oxygen atoms in total. The predicted molar refractivity (Wildman–Crippen MR) is 119 cm³/mol. The van der Waals surface area contributed by atoms with Crippen LogP contribution in [-0.4, -0.2) is 48.8 Å². The Balaban J connectivity index is 2.81. The number of hydrogen-bond acceptors (Lipinski definition) is 6. The Labute approximate surface area is 203 Å². The molecule has 29 heavy (non-hydrogen) atoms. The zero-order valence-electron chi connectivity index (χ0n) is 13.7. The molecule has 0 aliphatic rings. The van der Waals surface area contributed by atoms with E-state index in [2.05, 4.69) is 4.74 Å². The summed E-state index contributed by atoms with van der Waals surface area (Å²) in [6.45, 7) is 0. The summed E-state index contributed by atoms with van der Waals surface area (Å²) >= 11 is 5.85. The number of ether oxygens (including phenoxy) is 1. The van der Waals surface area contributed by atoms with Gasteiger partial charge in [0.1, 0.15) is 5.75 Å². The van der Waals surface area contributed by atoms with Gasteiger partial charge in [-0.3, -0.25) is 19.5 Å². The molecule has 2 N–H and O–H groups in total. The molecule has 0 aromatic heterocycles. The Kier molecular flexibility index (Phi) is 9.74. The van der Waals surface area contributed by atoms with Crippen molar-refractivity contribution in [1.29, 1.82) is 0 Å². The van der Waals surface area contributed by atoms with E-state index in [4.69, 9.17) is 4.55 Å². The second-order valence-electron chi connectivity index (χ2n) is 5.12. The molecule has 0 saturated heterocycles. The SMILES string of the molecule is O=C(/C=C\C(=O)OC(CS(=O)(=O)O)C(F)(F)F)NC(=O)c1cc(I)cc(I)c1I. The number of esters is 1. The summed E-state index contributed by atoms with van der Waals surface area (Å²) in [5, 5.41) is 1.93. The molecule has 1 rings (SSSR count). The first-order valence-corrected chi connectivity index (χ1v) is 11.8. The van der Waals surface area contributed by atoms with Gasteiger partial charge >= 0.3 is 12.1 Å². The fraction of sp³-hybridized carbons (Fsp3) is 0.214. The van der Waals surface area contributed by atoms with E-state index in [1.165, 1.54) is 6.07 Å². The van der Waals surface area contributed by atoms with Crippen LogP contribution in [0.1, 0.15) is 10.4 Å². The lowest BCUT2D eigenvalue weighted by atomic mass is 10.2. The van der Waals surface area contributed by atoms with Crippen molar-refractivity contribution in [2.45, 2.75) is 12.3 Å². The van der Waals surface area contributed by atoms with Crippen LogP contribution in [0.4, 0.5) is 13.2 Å². The number of carbonyl (C=O) groups is 3. The van der Waals surface area contributed by atoms with Gasteiger partial charge in [0.15, 0.2) is 0 Å². The van der Waals surface area contributed by atoms with Crippen molar-refractivity contribution in [3.05, 3.63) is 40.6 Å². The third-order valence-corrected chi connectivity index (χ3v) is 7.22. The maximum absolute atomic E-state index is 12.7. The highest BCUT2D eigenvalue weighted by atomic mass is 127. The van der Waals surface area contributed by atoms with Crippen molar-refractivity contribution >= 4 is 95.7 Å². The molecule has 160 valence electrons. The van der Waals surface area contributed by atoms with E-state index in [0.29, 0.717) is 9.65 Å². The molecule has 0 bridgehead atoms. The predicted octanol–water partition coefficient (Wildman–Crippen LogP) is 2.67. The summed E-state index contributed by atoms with van der Waals surface area (Å²) in [5.74, 6) is -5.51. The van der Waals surface area contributed by atoms with Crippen LogP contribution in [0, 0.1) is 10.7 Å². The molecule has 1 aromatic carbocycles. The van der Waals surface area contributed by atoms with Crippen LogP contribution in [0.3, 0.4) is 0 Å². The van der Waals surface area contributed by atoms with Crippen molar-refractivity contribution in [3.8, 4) is 0 Å². The molecule has 0 heterocycles. The van der Waals surface area contributed by atoms with E-state index >= 15 is 0 Å². The molecule has 1 atom stereocenters. The summed E-state index contributed by atoms with van der Waals surface area (Å²) in [5.41, 5.74) is 0.177. The lowest BCUT2D eigenvalue weighted by molar-refractivity contribution is -0.212. The second-order valence-corrected chi connectivity index (χ2v) is 10.1. The van der Waals surface area contributed by atoms with Gasteiger partial charge in [-0.15, -0.1) is 0 Å². The molecule has 15 heteroatoms. The average molecular weight is 773 g/mol. The smallest absolute Gasteiger partial charge is 0.426 e. The van der Waals surface area contributed by atoms with Crippen LogP contribution in [0.25, 0.3) is 0 Å². The molecule has 1 aromatic rings. The number of hydrogen-bond donors (Lipinski definition) is 2. The molecular formula is C14H9F3I3NO7S. The zero-order chi connectivity index (χ0) is 22.6. The van der Waals surface area contributed by atoms with Gasteiger partial charge in [0, 0.05) is 22.9 Å². The van der Waals surface area contributed by atoms with Gasteiger partial charge in [0.2, 0.25) is 6.10 Å². The van der Waals surface area contributed by atoms with Gasteiger partial charge in [0.25, 0.3) is 21.9 Å². The number of carbonyl (C=O) groups excluding carboxylic acids is 3. The Morgan fingerprint density at radius 3 is 2.28 bits per heavy atom. The molecule has 0 fully saturated rings. The second kappa shape index (κ2) is 10.7. The van der Waals surface area contributed by atoms with E-state index in [1.807, 2.05) is 73.1 Å².